The number of aliphatic hydroxyl groups is 1. The molecule has 0 fully saturated rings. The monoisotopic (exact) mass is 226 g/mol. The summed E-state index contributed by atoms with van der Waals surface area (Å²) < 4.78 is 4.96. The highest BCUT2D eigenvalue weighted by atomic mass is 16.5. The Morgan fingerprint density at radius 2 is 2.31 bits per heavy atom. The minimum Gasteiger partial charge on any atom is -0.394 e. The number of hydrogen-bond donors (Lipinski definition) is 3. The van der Waals surface area contributed by atoms with Crippen molar-refractivity contribution in [1.82, 2.24) is 10.3 Å². The van der Waals surface area contributed by atoms with Gasteiger partial charge in [0.25, 0.3) is 5.91 Å². The van der Waals surface area contributed by atoms with Gasteiger partial charge in [-0.15, -0.1) is 0 Å². The van der Waals surface area contributed by atoms with Gasteiger partial charge in [-0.1, -0.05) is 0 Å². The molecule has 1 rings (SSSR count). The van der Waals surface area contributed by atoms with Crippen LogP contribution < -0.4 is 5.32 Å². The lowest BCUT2D eigenvalue weighted by molar-refractivity contribution is 0.0835. The van der Waals surface area contributed by atoms with Crippen LogP contribution in [0.3, 0.4) is 0 Å². The first-order valence-corrected chi connectivity index (χ1v) is 4.89. The molecule has 0 saturated heterocycles. The summed E-state index contributed by atoms with van der Waals surface area (Å²) in [6.45, 7) is 0.919. The molecule has 0 spiro atoms. The average molecular weight is 226 g/mol. The van der Waals surface area contributed by atoms with Crippen molar-refractivity contribution in [2.45, 2.75) is 0 Å². The van der Waals surface area contributed by atoms with Crippen molar-refractivity contribution in [2.24, 2.45) is 0 Å². The van der Waals surface area contributed by atoms with Gasteiger partial charge in [0.05, 0.1) is 25.5 Å². The summed E-state index contributed by atoms with van der Waals surface area (Å²) in [6.07, 6.45) is 0.640. The minimum absolute atomic E-state index is 0.0345. The maximum absolute atomic E-state index is 11.4. The number of hydrogen-bond acceptors (Lipinski definition) is 4. The van der Waals surface area contributed by atoms with Crippen molar-refractivity contribution >= 4 is 12.2 Å². The zero-order valence-corrected chi connectivity index (χ0v) is 8.73. The highest BCUT2D eigenvalue weighted by Crippen LogP contribution is 1.98. The highest BCUT2D eigenvalue weighted by molar-refractivity contribution is 5.93. The topological polar surface area (TPSA) is 91.4 Å². The van der Waals surface area contributed by atoms with Crippen LogP contribution >= 0.6 is 0 Å². The molecule has 1 aromatic heterocycles. The molecule has 0 aliphatic heterocycles. The van der Waals surface area contributed by atoms with E-state index in [0.717, 1.165) is 0 Å². The fourth-order valence-electron chi connectivity index (χ4n) is 1.11. The normalized spacial score (nSPS) is 10.1. The van der Waals surface area contributed by atoms with E-state index in [1.54, 1.807) is 0 Å². The fourth-order valence-corrected chi connectivity index (χ4v) is 1.11. The van der Waals surface area contributed by atoms with Crippen molar-refractivity contribution in [1.29, 1.82) is 0 Å². The first-order valence-electron chi connectivity index (χ1n) is 4.89. The Kier molecular flexibility index (Phi) is 5.24. The van der Waals surface area contributed by atoms with Gasteiger partial charge in [0.15, 0.2) is 6.29 Å². The number of amides is 1. The molecule has 16 heavy (non-hydrogen) atoms. The summed E-state index contributed by atoms with van der Waals surface area (Å²) in [5, 5.41) is 11.0. The van der Waals surface area contributed by atoms with Crippen LogP contribution in [0.15, 0.2) is 12.1 Å². The predicted octanol–water partition coefficient (Wildman–Crippen LogP) is -0.434. The van der Waals surface area contributed by atoms with E-state index in [1.165, 1.54) is 12.1 Å². The molecular weight excluding hydrogens is 212 g/mol. The van der Waals surface area contributed by atoms with Gasteiger partial charge in [0, 0.05) is 6.54 Å². The molecule has 0 bridgehead atoms. The SMILES string of the molecule is O=Cc1ccc(C(=O)NCCOCCO)[nH]1. The van der Waals surface area contributed by atoms with Crippen molar-refractivity contribution in [3.05, 3.63) is 23.5 Å². The maximum Gasteiger partial charge on any atom is 0.267 e. The second-order valence-electron chi connectivity index (χ2n) is 3.04. The Hall–Kier alpha value is -1.66. The number of carbonyl (C=O) groups is 2. The van der Waals surface area contributed by atoms with E-state index in [0.29, 0.717) is 30.8 Å². The molecule has 0 radical (unpaired) electrons. The van der Waals surface area contributed by atoms with Crippen LogP contribution in [0.25, 0.3) is 0 Å². The van der Waals surface area contributed by atoms with E-state index in [-0.39, 0.29) is 19.1 Å². The second kappa shape index (κ2) is 6.76. The molecular formula is C10H14N2O4. The maximum atomic E-state index is 11.4. The Bertz CT molecular complexity index is 348. The van der Waals surface area contributed by atoms with Crippen molar-refractivity contribution < 1.29 is 19.4 Å². The van der Waals surface area contributed by atoms with Gasteiger partial charge < -0.3 is 20.1 Å². The highest BCUT2D eigenvalue weighted by Gasteiger charge is 2.06. The summed E-state index contributed by atoms with van der Waals surface area (Å²) in [5.74, 6) is -0.291. The first-order chi connectivity index (χ1) is 7.77. The van der Waals surface area contributed by atoms with E-state index in [4.69, 9.17) is 9.84 Å². The van der Waals surface area contributed by atoms with Gasteiger partial charge in [0.1, 0.15) is 5.69 Å². The zero-order valence-electron chi connectivity index (χ0n) is 8.73. The van der Waals surface area contributed by atoms with Gasteiger partial charge in [-0.2, -0.15) is 0 Å². The van der Waals surface area contributed by atoms with Crippen molar-refractivity contribution in [2.75, 3.05) is 26.4 Å². The molecule has 6 nitrogen and oxygen atoms in total. The quantitative estimate of drug-likeness (QED) is 0.434. The van der Waals surface area contributed by atoms with Gasteiger partial charge in [-0.3, -0.25) is 9.59 Å². The van der Waals surface area contributed by atoms with Gasteiger partial charge in [-0.05, 0) is 12.1 Å². The Balaban J connectivity index is 2.27. The third-order valence-corrected chi connectivity index (χ3v) is 1.85. The third kappa shape index (κ3) is 3.84. The van der Waals surface area contributed by atoms with Gasteiger partial charge in [-0.25, -0.2) is 0 Å². The van der Waals surface area contributed by atoms with Gasteiger partial charge >= 0.3 is 0 Å². The van der Waals surface area contributed by atoms with Crippen LogP contribution in [0.2, 0.25) is 0 Å². The zero-order chi connectivity index (χ0) is 11.8. The summed E-state index contributed by atoms with van der Waals surface area (Å²) in [6, 6.07) is 3.07. The Morgan fingerprint density at radius 3 is 2.94 bits per heavy atom. The molecule has 1 heterocycles. The first kappa shape index (κ1) is 12.4. The van der Waals surface area contributed by atoms with E-state index in [1.807, 2.05) is 0 Å². The fraction of sp³-hybridized carbons (Fsp3) is 0.400. The number of aldehydes is 1. The van der Waals surface area contributed by atoms with Crippen molar-refractivity contribution in [3.63, 3.8) is 0 Å². The number of H-pyrrole nitrogens is 1. The second-order valence-corrected chi connectivity index (χ2v) is 3.04. The molecule has 0 aliphatic rings. The number of ether oxygens (including phenoxy) is 1. The van der Waals surface area contributed by atoms with Crippen molar-refractivity contribution in [3.8, 4) is 0 Å². The summed E-state index contributed by atoms with van der Waals surface area (Å²) in [4.78, 5) is 24.5. The molecule has 88 valence electrons. The van der Waals surface area contributed by atoms with Crippen LogP contribution in [-0.2, 0) is 4.74 Å². The van der Waals surface area contributed by atoms with Crippen LogP contribution in [-0.4, -0.2) is 48.6 Å². The van der Waals surface area contributed by atoms with E-state index in [2.05, 4.69) is 10.3 Å². The predicted molar refractivity (Wildman–Crippen MR) is 56.4 cm³/mol. The van der Waals surface area contributed by atoms with Crippen LogP contribution in [0, 0.1) is 0 Å². The molecule has 1 aromatic rings. The van der Waals surface area contributed by atoms with Crippen LogP contribution in [0.1, 0.15) is 21.0 Å². The van der Waals surface area contributed by atoms with E-state index >= 15 is 0 Å². The Labute approximate surface area is 92.6 Å². The number of carbonyl (C=O) groups excluding carboxylic acids is 2. The third-order valence-electron chi connectivity index (χ3n) is 1.85. The average Bonchev–Trinajstić information content (AvgIpc) is 2.77. The van der Waals surface area contributed by atoms with Gasteiger partial charge in [0.2, 0.25) is 0 Å². The summed E-state index contributed by atoms with van der Waals surface area (Å²) >= 11 is 0. The van der Waals surface area contributed by atoms with Crippen LogP contribution in [0.4, 0.5) is 0 Å². The standard InChI is InChI=1S/C10H14N2O4/c13-4-6-16-5-3-11-10(15)9-2-1-8(7-14)12-9/h1-2,7,12-13H,3-6H2,(H,11,15). The van der Waals surface area contributed by atoms with E-state index < -0.39 is 0 Å². The summed E-state index contributed by atoms with van der Waals surface area (Å²) in [5.41, 5.74) is 0.700. The van der Waals surface area contributed by atoms with E-state index in [9.17, 15) is 9.59 Å². The lowest BCUT2D eigenvalue weighted by Gasteiger charge is -2.04. The van der Waals surface area contributed by atoms with Crippen LogP contribution in [0.5, 0.6) is 0 Å². The molecule has 0 unspecified atom stereocenters. The number of aliphatic hydroxyl groups excluding tert-OH is 1. The molecule has 0 aliphatic carbocycles. The minimum atomic E-state index is -0.291. The lowest BCUT2D eigenvalue weighted by Crippen LogP contribution is -2.27. The molecule has 0 atom stereocenters. The molecule has 3 N–H and O–H groups in total. The lowest BCUT2D eigenvalue weighted by atomic mass is 10.4. The molecule has 0 aromatic carbocycles. The molecule has 6 heteroatoms. The summed E-state index contributed by atoms with van der Waals surface area (Å²) in [7, 11) is 0. The molecule has 1 amide bonds. The number of nitrogens with one attached hydrogen (secondary N) is 2. The molecule has 0 saturated carbocycles. The number of rotatable bonds is 7. The number of aromatic nitrogens is 1. The Morgan fingerprint density at radius 1 is 1.50 bits per heavy atom. The number of aromatic amines is 1. The smallest absolute Gasteiger partial charge is 0.267 e. The largest absolute Gasteiger partial charge is 0.394 e.